The van der Waals surface area contributed by atoms with Gasteiger partial charge in [0.2, 0.25) is 0 Å². The van der Waals surface area contributed by atoms with Gasteiger partial charge in [-0.15, -0.1) is 0 Å². The molecule has 1 saturated carbocycles. The second-order valence-electron chi connectivity index (χ2n) is 5.54. The lowest BCUT2D eigenvalue weighted by Gasteiger charge is -2.55. The third-order valence-electron chi connectivity index (χ3n) is 4.32. The second kappa shape index (κ2) is 3.49. The number of hydrogen-bond donors (Lipinski definition) is 1. The fourth-order valence-electron chi connectivity index (χ4n) is 3.07. The van der Waals surface area contributed by atoms with Crippen LogP contribution in [0.15, 0.2) is 0 Å². The summed E-state index contributed by atoms with van der Waals surface area (Å²) in [4.78, 5) is 0. The molecule has 0 unspecified atom stereocenters. The fraction of sp³-hybridized carbons (Fsp3) is 1.00. The van der Waals surface area contributed by atoms with Gasteiger partial charge in [0.1, 0.15) is 0 Å². The summed E-state index contributed by atoms with van der Waals surface area (Å²) in [6, 6.07) is 0. The predicted octanol–water partition coefficient (Wildman–Crippen LogP) is 2.35. The van der Waals surface area contributed by atoms with Crippen molar-refractivity contribution in [2.45, 2.75) is 51.6 Å². The van der Waals surface area contributed by atoms with E-state index in [1.165, 1.54) is 32.1 Å². The van der Waals surface area contributed by atoms with Crippen molar-refractivity contribution in [3.8, 4) is 0 Å². The molecule has 0 aromatic carbocycles. The first-order valence-electron chi connectivity index (χ1n) is 5.86. The highest BCUT2D eigenvalue weighted by Crippen LogP contribution is 2.50. The number of aliphatic hydroxyl groups is 1. The highest BCUT2D eigenvalue weighted by atomic mass is 16.5. The van der Waals surface area contributed by atoms with E-state index < -0.39 is 5.60 Å². The van der Waals surface area contributed by atoms with Crippen molar-refractivity contribution >= 4 is 0 Å². The van der Waals surface area contributed by atoms with Crippen molar-refractivity contribution in [3.63, 3.8) is 0 Å². The molecule has 0 radical (unpaired) electrons. The van der Waals surface area contributed by atoms with Crippen molar-refractivity contribution in [1.29, 1.82) is 0 Å². The van der Waals surface area contributed by atoms with Gasteiger partial charge in [0, 0.05) is 5.41 Å². The molecule has 0 atom stereocenters. The Morgan fingerprint density at radius 1 is 1.14 bits per heavy atom. The van der Waals surface area contributed by atoms with E-state index in [9.17, 15) is 5.11 Å². The van der Waals surface area contributed by atoms with E-state index in [1.807, 2.05) is 13.8 Å². The normalized spacial score (nSPS) is 28.5. The molecule has 2 heteroatoms. The number of ether oxygens (including phenoxy) is 1. The quantitative estimate of drug-likeness (QED) is 0.738. The maximum absolute atomic E-state index is 10.3. The van der Waals surface area contributed by atoms with Gasteiger partial charge in [-0.1, -0.05) is 19.3 Å². The zero-order valence-electron chi connectivity index (χ0n) is 9.38. The zero-order valence-corrected chi connectivity index (χ0v) is 9.38. The van der Waals surface area contributed by atoms with Crippen LogP contribution in [0, 0.1) is 11.3 Å². The van der Waals surface area contributed by atoms with Crippen LogP contribution in [0.5, 0.6) is 0 Å². The van der Waals surface area contributed by atoms with Gasteiger partial charge in [-0.25, -0.2) is 0 Å². The third-order valence-corrected chi connectivity index (χ3v) is 4.32. The molecule has 14 heavy (non-hydrogen) atoms. The molecule has 2 aliphatic rings. The molecule has 1 aliphatic heterocycles. The highest BCUT2D eigenvalue weighted by Gasteiger charge is 2.54. The van der Waals surface area contributed by atoms with E-state index >= 15 is 0 Å². The zero-order chi connectivity index (χ0) is 10.2. The first-order chi connectivity index (χ1) is 6.56. The lowest BCUT2D eigenvalue weighted by atomic mass is 9.60. The van der Waals surface area contributed by atoms with E-state index in [2.05, 4.69) is 0 Å². The van der Waals surface area contributed by atoms with Crippen LogP contribution in [0.1, 0.15) is 46.0 Å². The van der Waals surface area contributed by atoms with Crippen molar-refractivity contribution in [3.05, 3.63) is 0 Å². The summed E-state index contributed by atoms with van der Waals surface area (Å²) in [5.41, 5.74) is -0.513. The van der Waals surface area contributed by atoms with Crippen LogP contribution in [0.25, 0.3) is 0 Å². The summed E-state index contributed by atoms with van der Waals surface area (Å²) in [7, 11) is 0. The Balaban J connectivity index is 2.11. The molecule has 1 heterocycles. The third kappa shape index (κ3) is 1.49. The van der Waals surface area contributed by atoms with Crippen LogP contribution in [-0.2, 0) is 4.74 Å². The van der Waals surface area contributed by atoms with Gasteiger partial charge >= 0.3 is 0 Å². The summed E-state index contributed by atoms with van der Waals surface area (Å²) in [6.45, 7) is 5.43. The molecule has 0 bridgehead atoms. The van der Waals surface area contributed by atoms with Crippen molar-refractivity contribution in [2.75, 3.05) is 13.2 Å². The first kappa shape index (κ1) is 10.4. The van der Waals surface area contributed by atoms with Crippen molar-refractivity contribution in [1.82, 2.24) is 0 Å². The summed E-state index contributed by atoms with van der Waals surface area (Å²) < 4.78 is 5.36. The molecule has 2 nitrogen and oxygen atoms in total. The lowest BCUT2D eigenvalue weighted by molar-refractivity contribution is -0.239. The van der Waals surface area contributed by atoms with Gasteiger partial charge in [-0.2, -0.15) is 0 Å². The smallest absolute Gasteiger partial charge is 0.0694 e. The standard InChI is InChI=1S/C12H22O2/c1-11(2,13)12(8-14-9-12)10-6-4-3-5-7-10/h10,13H,3-9H2,1-2H3. The molecular formula is C12H22O2. The molecule has 2 fully saturated rings. The van der Waals surface area contributed by atoms with E-state index in [0.29, 0.717) is 5.92 Å². The fourth-order valence-corrected chi connectivity index (χ4v) is 3.07. The van der Waals surface area contributed by atoms with Crippen LogP contribution in [0.4, 0.5) is 0 Å². The Labute approximate surface area is 86.6 Å². The van der Waals surface area contributed by atoms with Crippen LogP contribution in [0.3, 0.4) is 0 Å². The Bertz CT molecular complexity index is 195. The molecule has 0 aromatic heterocycles. The van der Waals surface area contributed by atoms with Gasteiger partial charge < -0.3 is 9.84 Å². The Hall–Kier alpha value is -0.0800. The Morgan fingerprint density at radius 3 is 2.07 bits per heavy atom. The van der Waals surface area contributed by atoms with E-state index in [4.69, 9.17) is 4.74 Å². The van der Waals surface area contributed by atoms with Gasteiger partial charge in [0.15, 0.2) is 0 Å². The predicted molar refractivity (Wildman–Crippen MR) is 56.1 cm³/mol. The lowest BCUT2D eigenvalue weighted by Crippen LogP contribution is -2.61. The average Bonchev–Trinajstić information content (AvgIpc) is 2.01. The number of hydrogen-bond acceptors (Lipinski definition) is 2. The molecular weight excluding hydrogens is 176 g/mol. The van der Waals surface area contributed by atoms with Gasteiger partial charge in [-0.3, -0.25) is 0 Å². The summed E-state index contributed by atoms with van der Waals surface area (Å²) >= 11 is 0. The first-order valence-corrected chi connectivity index (χ1v) is 5.86. The molecule has 0 aromatic rings. The van der Waals surface area contributed by atoms with Crippen LogP contribution in [0.2, 0.25) is 0 Å². The minimum Gasteiger partial charge on any atom is -0.390 e. The van der Waals surface area contributed by atoms with E-state index in [1.54, 1.807) is 0 Å². The monoisotopic (exact) mass is 198 g/mol. The molecule has 82 valence electrons. The maximum Gasteiger partial charge on any atom is 0.0694 e. The van der Waals surface area contributed by atoms with Crippen LogP contribution < -0.4 is 0 Å². The maximum atomic E-state index is 10.3. The Morgan fingerprint density at radius 2 is 1.71 bits per heavy atom. The minimum atomic E-state index is -0.576. The second-order valence-corrected chi connectivity index (χ2v) is 5.54. The largest absolute Gasteiger partial charge is 0.390 e. The SMILES string of the molecule is CC(C)(O)C1(C2CCCCC2)COC1. The van der Waals surface area contributed by atoms with Crippen molar-refractivity contribution in [2.24, 2.45) is 11.3 Å². The van der Waals surface area contributed by atoms with Crippen LogP contribution >= 0.6 is 0 Å². The molecule has 1 N–H and O–H groups in total. The Kier molecular flexibility index (Phi) is 2.61. The molecule has 0 amide bonds. The summed E-state index contributed by atoms with van der Waals surface area (Å²) in [5, 5.41) is 10.3. The van der Waals surface area contributed by atoms with E-state index in [0.717, 1.165) is 13.2 Å². The minimum absolute atomic E-state index is 0.0629. The topological polar surface area (TPSA) is 29.5 Å². The summed E-state index contributed by atoms with van der Waals surface area (Å²) in [5.74, 6) is 0.685. The summed E-state index contributed by atoms with van der Waals surface area (Å²) in [6.07, 6.45) is 6.62. The van der Waals surface area contributed by atoms with Crippen molar-refractivity contribution < 1.29 is 9.84 Å². The van der Waals surface area contributed by atoms with Gasteiger partial charge in [-0.05, 0) is 32.6 Å². The molecule has 1 saturated heterocycles. The highest BCUT2D eigenvalue weighted by molar-refractivity contribution is 5.02. The van der Waals surface area contributed by atoms with E-state index in [-0.39, 0.29) is 5.41 Å². The molecule has 1 aliphatic carbocycles. The van der Waals surface area contributed by atoms with Gasteiger partial charge in [0.05, 0.1) is 18.8 Å². The molecule has 2 rings (SSSR count). The van der Waals surface area contributed by atoms with Crippen LogP contribution in [-0.4, -0.2) is 23.9 Å². The number of rotatable bonds is 2. The van der Waals surface area contributed by atoms with Gasteiger partial charge in [0.25, 0.3) is 0 Å². The molecule has 0 spiro atoms. The average molecular weight is 198 g/mol.